The van der Waals surface area contributed by atoms with E-state index in [4.69, 9.17) is 0 Å². The first kappa shape index (κ1) is 21.4. The molecule has 0 radical (unpaired) electrons. The molecule has 4 N–H and O–H groups in total. The Morgan fingerprint density at radius 1 is 1.31 bits per heavy atom. The molecule has 0 bridgehead atoms. The van der Waals surface area contributed by atoms with Gasteiger partial charge in [0.2, 0.25) is 0 Å². The molecular formula is C18H20F3N3O4S. The fourth-order valence-electron chi connectivity index (χ4n) is 3.38. The number of hydrogen-bond acceptors (Lipinski definition) is 4. The van der Waals surface area contributed by atoms with Crippen molar-refractivity contribution in [2.24, 2.45) is 7.05 Å². The minimum Gasteiger partial charge on any atom is -0.394 e. The van der Waals surface area contributed by atoms with Crippen LogP contribution in [0, 0.1) is 17.5 Å². The van der Waals surface area contributed by atoms with E-state index in [-0.39, 0.29) is 29.1 Å². The van der Waals surface area contributed by atoms with Crippen LogP contribution in [0.4, 0.5) is 18.9 Å². The van der Waals surface area contributed by atoms with Crippen LogP contribution in [-0.4, -0.2) is 49.5 Å². The molecular weight excluding hydrogens is 411 g/mol. The van der Waals surface area contributed by atoms with Gasteiger partial charge >= 0.3 is 0 Å². The lowest BCUT2D eigenvalue weighted by Gasteiger charge is -2.30. The average Bonchev–Trinajstić information content (AvgIpc) is 2.95. The van der Waals surface area contributed by atoms with Gasteiger partial charge in [-0.2, -0.15) is 0 Å². The van der Waals surface area contributed by atoms with Crippen LogP contribution in [0.25, 0.3) is 0 Å². The molecule has 2 heterocycles. The van der Waals surface area contributed by atoms with Gasteiger partial charge < -0.3 is 20.1 Å². The summed E-state index contributed by atoms with van der Waals surface area (Å²) in [6.07, 6.45) is 1.76. The van der Waals surface area contributed by atoms with Crippen molar-refractivity contribution in [2.75, 3.05) is 18.5 Å². The zero-order valence-electron chi connectivity index (χ0n) is 15.5. The maximum absolute atomic E-state index is 13.4. The fourth-order valence-corrected chi connectivity index (χ4v) is 5.35. The van der Waals surface area contributed by atoms with E-state index in [2.05, 4.69) is 15.9 Å². The highest BCUT2D eigenvalue weighted by atomic mass is 32.2. The lowest BCUT2D eigenvalue weighted by molar-refractivity contribution is 0.101. The number of aliphatic hydroxyl groups is 2. The number of nitrogens with zero attached hydrogens (tertiary/aromatic N) is 1. The van der Waals surface area contributed by atoms with Crippen LogP contribution in [0.5, 0.6) is 0 Å². The summed E-state index contributed by atoms with van der Waals surface area (Å²) in [6, 6.07) is 1.29. The van der Waals surface area contributed by atoms with Crippen LogP contribution in [0.2, 0.25) is 0 Å². The number of nitrogens with one attached hydrogen (secondary N) is 2. The van der Waals surface area contributed by atoms with E-state index in [0.717, 1.165) is 0 Å². The Labute approximate surface area is 165 Å². The SMILES string of the molecule is C=S1(=O)NC(CO)(CO)CCc2c1cn(C)c2C(=O)Nc1cc(F)c(F)c(F)c1. The summed E-state index contributed by atoms with van der Waals surface area (Å²) in [6.45, 7) is -0.996. The van der Waals surface area contributed by atoms with E-state index in [9.17, 15) is 32.4 Å². The number of carbonyl (C=O) groups excluding carboxylic acids is 1. The van der Waals surface area contributed by atoms with E-state index in [1.807, 2.05) is 0 Å². The third-order valence-electron chi connectivity index (χ3n) is 4.90. The summed E-state index contributed by atoms with van der Waals surface area (Å²) in [5.74, 6) is -1.65. The predicted molar refractivity (Wildman–Crippen MR) is 102 cm³/mol. The Morgan fingerprint density at radius 3 is 2.45 bits per heavy atom. The summed E-state index contributed by atoms with van der Waals surface area (Å²) in [5, 5.41) is 21.6. The molecule has 158 valence electrons. The van der Waals surface area contributed by atoms with Crippen molar-refractivity contribution in [3.8, 4) is 0 Å². The normalized spacial score (nSPS) is 20.8. The predicted octanol–water partition coefficient (Wildman–Crippen LogP) is 0.944. The fraction of sp³-hybridized carbons (Fsp3) is 0.333. The highest BCUT2D eigenvalue weighted by Gasteiger charge is 2.38. The molecule has 0 fully saturated rings. The average molecular weight is 431 g/mol. The van der Waals surface area contributed by atoms with Crippen molar-refractivity contribution in [1.82, 2.24) is 9.29 Å². The van der Waals surface area contributed by atoms with Gasteiger partial charge in [-0.1, -0.05) is 0 Å². The Hall–Kier alpha value is -2.34. The summed E-state index contributed by atoms with van der Waals surface area (Å²) >= 11 is 0. The number of aromatic nitrogens is 1. The van der Waals surface area contributed by atoms with E-state index >= 15 is 0 Å². The van der Waals surface area contributed by atoms with E-state index in [1.54, 1.807) is 0 Å². The summed E-state index contributed by atoms with van der Waals surface area (Å²) in [7, 11) is -1.65. The monoisotopic (exact) mass is 431 g/mol. The Morgan fingerprint density at radius 2 is 1.90 bits per heavy atom. The summed E-state index contributed by atoms with van der Waals surface area (Å²) < 4.78 is 57.2. The molecule has 0 aliphatic carbocycles. The standard InChI is InChI=1S/C18H20F3N3O4S/c1-24-7-14-11(3-4-18(8-25,9-26)23-29(14,2)28)16(24)17(27)22-10-5-12(19)15(21)13(20)6-10/h5-7,25-26H,2-4,8-9H2,1H3,(H,22,27)(H,23,28). The van der Waals surface area contributed by atoms with Gasteiger partial charge in [0.15, 0.2) is 17.5 Å². The van der Waals surface area contributed by atoms with Gasteiger partial charge in [0.1, 0.15) is 5.69 Å². The molecule has 0 spiro atoms. The number of carbonyl (C=O) groups is 1. The number of aliphatic hydroxyl groups excluding tert-OH is 2. The van der Waals surface area contributed by atoms with Gasteiger partial charge in [-0.25, -0.2) is 22.1 Å². The van der Waals surface area contributed by atoms with Gasteiger partial charge in [-0.3, -0.25) is 4.79 Å². The molecule has 1 atom stereocenters. The number of fused-ring (bicyclic) bond motifs is 1. The first-order chi connectivity index (χ1) is 13.5. The van der Waals surface area contributed by atoms with Gasteiger partial charge in [0, 0.05) is 31.1 Å². The molecule has 0 saturated carbocycles. The molecule has 1 aromatic heterocycles. The third-order valence-corrected chi connectivity index (χ3v) is 6.72. The quantitative estimate of drug-likeness (QED) is 0.427. The first-order valence-electron chi connectivity index (χ1n) is 8.55. The lowest BCUT2D eigenvalue weighted by Crippen LogP contribution is -2.53. The Bertz CT molecular complexity index is 1060. The highest BCUT2D eigenvalue weighted by Crippen LogP contribution is 2.31. The van der Waals surface area contributed by atoms with Crippen LogP contribution < -0.4 is 10.0 Å². The maximum atomic E-state index is 13.4. The van der Waals surface area contributed by atoms with Gasteiger partial charge in [-0.05, 0) is 24.3 Å². The van der Waals surface area contributed by atoms with Gasteiger partial charge in [0.05, 0.1) is 33.4 Å². The van der Waals surface area contributed by atoms with Crippen molar-refractivity contribution in [2.45, 2.75) is 23.3 Å². The van der Waals surface area contributed by atoms with Crippen molar-refractivity contribution in [3.05, 3.63) is 47.0 Å². The molecule has 11 heteroatoms. The minimum atomic E-state index is -3.18. The van der Waals surface area contributed by atoms with E-state index in [1.165, 1.54) is 17.8 Å². The van der Waals surface area contributed by atoms with Crippen molar-refractivity contribution >= 4 is 27.2 Å². The van der Waals surface area contributed by atoms with Crippen molar-refractivity contribution < 1.29 is 32.4 Å². The number of rotatable bonds is 4. The van der Waals surface area contributed by atoms with Crippen LogP contribution >= 0.6 is 0 Å². The van der Waals surface area contributed by atoms with E-state index < -0.39 is 51.8 Å². The topological polar surface area (TPSA) is 104 Å². The first-order valence-corrected chi connectivity index (χ1v) is 10.3. The molecule has 3 rings (SSSR count). The second kappa shape index (κ2) is 7.48. The smallest absolute Gasteiger partial charge is 0.272 e. The second-order valence-corrected chi connectivity index (χ2v) is 9.01. The van der Waals surface area contributed by atoms with Crippen molar-refractivity contribution in [1.29, 1.82) is 0 Å². The number of aryl methyl sites for hydroxylation is 1. The van der Waals surface area contributed by atoms with Crippen molar-refractivity contribution in [3.63, 3.8) is 0 Å². The van der Waals surface area contributed by atoms with Gasteiger partial charge in [-0.15, -0.1) is 0 Å². The molecule has 1 aromatic carbocycles. The second-order valence-electron chi connectivity index (χ2n) is 7.01. The number of amides is 1. The number of halogens is 3. The number of benzene rings is 1. The molecule has 2 aromatic rings. The molecule has 1 aliphatic heterocycles. The van der Waals surface area contributed by atoms with Crippen LogP contribution in [-0.2, 0) is 23.2 Å². The van der Waals surface area contributed by atoms with E-state index in [0.29, 0.717) is 17.7 Å². The Kier molecular flexibility index (Phi) is 5.52. The number of hydrogen-bond donors (Lipinski definition) is 4. The molecule has 29 heavy (non-hydrogen) atoms. The van der Waals surface area contributed by atoms with Crippen LogP contribution in [0.15, 0.2) is 23.2 Å². The molecule has 1 amide bonds. The number of anilines is 1. The third kappa shape index (κ3) is 3.78. The Balaban J connectivity index is 2.02. The molecule has 1 aliphatic rings. The van der Waals surface area contributed by atoms with Crippen LogP contribution in [0.1, 0.15) is 22.5 Å². The molecule has 7 nitrogen and oxygen atoms in total. The van der Waals surface area contributed by atoms with Gasteiger partial charge in [0.25, 0.3) is 5.91 Å². The zero-order valence-corrected chi connectivity index (χ0v) is 16.3. The largest absolute Gasteiger partial charge is 0.394 e. The summed E-state index contributed by atoms with van der Waals surface area (Å²) in [5.41, 5.74) is -1.11. The lowest BCUT2D eigenvalue weighted by atomic mass is 9.94. The summed E-state index contributed by atoms with van der Waals surface area (Å²) in [4.78, 5) is 13.0. The zero-order chi connectivity index (χ0) is 21.6. The van der Waals surface area contributed by atoms with Crippen LogP contribution in [0.3, 0.4) is 0 Å². The minimum absolute atomic E-state index is 0.0648. The molecule has 0 saturated heterocycles. The maximum Gasteiger partial charge on any atom is 0.272 e. The highest BCUT2D eigenvalue weighted by molar-refractivity contribution is 7.98. The molecule has 1 unspecified atom stereocenters.